The van der Waals surface area contributed by atoms with Crippen LogP contribution < -0.4 is 14.2 Å². The molecule has 106 valence electrons. The van der Waals surface area contributed by atoms with Crippen molar-refractivity contribution >= 4 is 5.97 Å². The van der Waals surface area contributed by atoms with Crippen LogP contribution in [0.15, 0.2) is 48.5 Å². The summed E-state index contributed by atoms with van der Waals surface area (Å²) in [5.41, 5.74) is 0.422. The van der Waals surface area contributed by atoms with Crippen molar-refractivity contribution in [2.24, 2.45) is 0 Å². The topological polar surface area (TPSA) is 68.6 Å². The summed E-state index contributed by atoms with van der Waals surface area (Å²) < 4.78 is 15.6. The molecule has 0 saturated heterocycles. The van der Waals surface area contributed by atoms with Gasteiger partial charge < -0.3 is 14.2 Å². The summed E-state index contributed by atoms with van der Waals surface area (Å²) in [6.45, 7) is -0.253. The number of carbonyl (C=O) groups is 1. The number of nitrogens with zero attached hydrogens (tertiary/aromatic N) is 1. The summed E-state index contributed by atoms with van der Waals surface area (Å²) in [6.07, 6.45) is 0. The first-order chi connectivity index (χ1) is 10.2. The molecule has 2 aromatic carbocycles. The Kier molecular flexibility index (Phi) is 4.78. The zero-order chi connectivity index (χ0) is 15.1. The van der Waals surface area contributed by atoms with Crippen LogP contribution in [0.3, 0.4) is 0 Å². The average molecular weight is 283 g/mol. The van der Waals surface area contributed by atoms with Gasteiger partial charge in [-0.3, -0.25) is 0 Å². The van der Waals surface area contributed by atoms with Crippen LogP contribution in [0.4, 0.5) is 0 Å². The SMILES string of the molecule is COc1ccccc1OCC(=O)Oc1cccc(C#N)c1. The van der Waals surface area contributed by atoms with Gasteiger partial charge in [-0.1, -0.05) is 18.2 Å². The Balaban J connectivity index is 1.94. The molecule has 2 rings (SSSR count). The molecule has 0 unspecified atom stereocenters. The van der Waals surface area contributed by atoms with Gasteiger partial charge in [0.25, 0.3) is 0 Å². The Morgan fingerprint density at radius 2 is 1.90 bits per heavy atom. The lowest BCUT2D eigenvalue weighted by molar-refractivity contribution is -0.136. The van der Waals surface area contributed by atoms with Gasteiger partial charge in [-0.25, -0.2) is 4.79 Å². The van der Waals surface area contributed by atoms with Gasteiger partial charge in [-0.2, -0.15) is 5.26 Å². The molecular formula is C16H13NO4. The van der Waals surface area contributed by atoms with Crippen LogP contribution in [-0.4, -0.2) is 19.7 Å². The van der Waals surface area contributed by atoms with Gasteiger partial charge in [0.2, 0.25) is 0 Å². The second-order valence-electron chi connectivity index (χ2n) is 4.05. The summed E-state index contributed by atoms with van der Waals surface area (Å²) in [5.74, 6) is 0.748. The highest BCUT2D eigenvalue weighted by atomic mass is 16.6. The van der Waals surface area contributed by atoms with Crippen molar-refractivity contribution in [2.45, 2.75) is 0 Å². The molecule has 0 N–H and O–H groups in total. The van der Waals surface area contributed by atoms with E-state index >= 15 is 0 Å². The highest BCUT2D eigenvalue weighted by molar-refractivity contribution is 5.74. The largest absolute Gasteiger partial charge is 0.493 e. The summed E-state index contributed by atoms with van der Waals surface area (Å²) in [6, 6.07) is 15.3. The molecule has 21 heavy (non-hydrogen) atoms. The average Bonchev–Trinajstić information content (AvgIpc) is 2.53. The van der Waals surface area contributed by atoms with Crippen molar-refractivity contribution in [2.75, 3.05) is 13.7 Å². The third kappa shape index (κ3) is 3.98. The third-order valence-corrected chi connectivity index (χ3v) is 2.61. The summed E-state index contributed by atoms with van der Waals surface area (Å²) in [7, 11) is 1.52. The van der Waals surface area contributed by atoms with Crippen molar-refractivity contribution in [3.05, 3.63) is 54.1 Å². The molecule has 0 heterocycles. The first-order valence-electron chi connectivity index (χ1n) is 6.19. The summed E-state index contributed by atoms with van der Waals surface area (Å²) >= 11 is 0. The minimum absolute atomic E-state index is 0.253. The predicted molar refractivity (Wildman–Crippen MR) is 75.3 cm³/mol. The molecule has 0 saturated carbocycles. The minimum atomic E-state index is -0.559. The fourth-order valence-electron chi connectivity index (χ4n) is 1.66. The Morgan fingerprint density at radius 3 is 2.62 bits per heavy atom. The number of methoxy groups -OCH3 is 1. The monoisotopic (exact) mass is 283 g/mol. The standard InChI is InChI=1S/C16H13NO4/c1-19-14-7-2-3-8-15(14)20-11-16(18)21-13-6-4-5-12(9-13)10-17/h2-9H,11H2,1H3. The summed E-state index contributed by atoms with van der Waals surface area (Å²) in [5, 5.41) is 8.78. The lowest BCUT2D eigenvalue weighted by atomic mass is 10.2. The van der Waals surface area contributed by atoms with Crippen LogP contribution in [0.1, 0.15) is 5.56 Å². The van der Waals surface area contributed by atoms with Crippen molar-refractivity contribution in [1.29, 1.82) is 5.26 Å². The number of carbonyl (C=O) groups excluding carboxylic acids is 1. The normalized spacial score (nSPS) is 9.52. The number of hydrogen-bond acceptors (Lipinski definition) is 5. The second-order valence-corrected chi connectivity index (χ2v) is 4.05. The molecule has 5 heteroatoms. The predicted octanol–water partition coefficient (Wildman–Crippen LogP) is 2.55. The number of ether oxygens (including phenoxy) is 3. The molecule has 0 fully saturated rings. The van der Waals surface area contributed by atoms with Crippen molar-refractivity contribution < 1.29 is 19.0 Å². The first-order valence-corrected chi connectivity index (χ1v) is 6.19. The number of benzene rings is 2. The van der Waals surface area contributed by atoms with Gasteiger partial charge >= 0.3 is 5.97 Å². The molecule has 0 aliphatic heterocycles. The zero-order valence-corrected chi connectivity index (χ0v) is 11.4. The van der Waals surface area contributed by atoms with Crippen molar-refractivity contribution in [3.63, 3.8) is 0 Å². The molecule has 5 nitrogen and oxygen atoms in total. The van der Waals surface area contributed by atoms with Gasteiger partial charge in [0, 0.05) is 0 Å². The maximum Gasteiger partial charge on any atom is 0.349 e. The van der Waals surface area contributed by atoms with Crippen LogP contribution in [0.2, 0.25) is 0 Å². The van der Waals surface area contributed by atoms with E-state index < -0.39 is 5.97 Å². The van der Waals surface area contributed by atoms with E-state index in [1.807, 2.05) is 6.07 Å². The molecule has 2 aromatic rings. The Hall–Kier alpha value is -3.00. The Morgan fingerprint density at radius 1 is 1.14 bits per heavy atom. The number of nitriles is 1. The molecule has 0 radical (unpaired) electrons. The van der Waals surface area contributed by atoms with Crippen LogP contribution in [-0.2, 0) is 4.79 Å². The van der Waals surface area contributed by atoms with Crippen LogP contribution in [0.5, 0.6) is 17.2 Å². The van der Waals surface area contributed by atoms with E-state index in [0.717, 1.165) is 0 Å². The van der Waals surface area contributed by atoms with E-state index in [4.69, 9.17) is 19.5 Å². The smallest absolute Gasteiger partial charge is 0.349 e. The van der Waals surface area contributed by atoms with Crippen LogP contribution in [0.25, 0.3) is 0 Å². The first kappa shape index (κ1) is 14.4. The molecular weight excluding hydrogens is 270 g/mol. The van der Waals surface area contributed by atoms with Gasteiger partial charge in [0.1, 0.15) is 5.75 Å². The maximum atomic E-state index is 11.7. The number of para-hydroxylation sites is 2. The molecule has 0 bridgehead atoms. The fraction of sp³-hybridized carbons (Fsp3) is 0.125. The molecule has 0 aromatic heterocycles. The molecule has 0 amide bonds. The van der Waals surface area contributed by atoms with Crippen molar-refractivity contribution in [1.82, 2.24) is 0 Å². The second kappa shape index (κ2) is 6.96. The lowest BCUT2D eigenvalue weighted by Crippen LogP contribution is -2.17. The molecule has 0 aliphatic rings. The summed E-state index contributed by atoms with van der Waals surface area (Å²) in [4.78, 5) is 11.7. The molecule has 0 aliphatic carbocycles. The van der Waals surface area contributed by atoms with Crippen LogP contribution >= 0.6 is 0 Å². The molecule has 0 atom stereocenters. The van der Waals surface area contributed by atoms with E-state index in [1.54, 1.807) is 42.5 Å². The van der Waals surface area contributed by atoms with E-state index in [2.05, 4.69) is 0 Å². The van der Waals surface area contributed by atoms with Crippen molar-refractivity contribution in [3.8, 4) is 23.3 Å². The quantitative estimate of drug-likeness (QED) is 0.623. The highest BCUT2D eigenvalue weighted by Gasteiger charge is 2.09. The minimum Gasteiger partial charge on any atom is -0.493 e. The maximum absolute atomic E-state index is 11.7. The highest BCUT2D eigenvalue weighted by Crippen LogP contribution is 2.25. The van der Waals surface area contributed by atoms with E-state index in [9.17, 15) is 4.79 Å². The fourth-order valence-corrected chi connectivity index (χ4v) is 1.66. The Bertz CT molecular complexity index is 676. The third-order valence-electron chi connectivity index (χ3n) is 2.61. The van der Waals surface area contributed by atoms with Gasteiger partial charge in [0.15, 0.2) is 18.1 Å². The van der Waals surface area contributed by atoms with Gasteiger partial charge in [0.05, 0.1) is 18.7 Å². The van der Waals surface area contributed by atoms with E-state index in [1.165, 1.54) is 13.2 Å². The lowest BCUT2D eigenvalue weighted by Gasteiger charge is -2.10. The van der Waals surface area contributed by atoms with Gasteiger partial charge in [-0.05, 0) is 30.3 Å². The van der Waals surface area contributed by atoms with Gasteiger partial charge in [-0.15, -0.1) is 0 Å². The van der Waals surface area contributed by atoms with Crippen LogP contribution in [0, 0.1) is 11.3 Å². The Labute approximate surface area is 122 Å². The molecule has 0 spiro atoms. The zero-order valence-electron chi connectivity index (χ0n) is 11.4. The number of hydrogen-bond donors (Lipinski definition) is 0. The van der Waals surface area contributed by atoms with E-state index in [-0.39, 0.29) is 6.61 Å². The number of rotatable bonds is 5. The number of esters is 1. The van der Waals surface area contributed by atoms with E-state index in [0.29, 0.717) is 22.8 Å².